The average Bonchev–Trinajstić information content (AvgIpc) is 3.01. The van der Waals surface area contributed by atoms with Crippen molar-refractivity contribution < 1.29 is 0 Å². The molecule has 0 saturated heterocycles. The summed E-state index contributed by atoms with van der Waals surface area (Å²) in [6.45, 7) is 4.65. The van der Waals surface area contributed by atoms with Gasteiger partial charge in [-0.05, 0) is 24.6 Å². The first-order chi connectivity index (χ1) is 9.70. The lowest BCUT2D eigenvalue weighted by molar-refractivity contribution is 0.557. The molecule has 3 aromatic rings. The van der Waals surface area contributed by atoms with Crippen LogP contribution in [0.5, 0.6) is 0 Å². The number of thiophene rings is 1. The number of hydrogen-bond acceptors (Lipinski definition) is 5. The van der Waals surface area contributed by atoms with Gasteiger partial charge in [-0.25, -0.2) is 9.97 Å². The van der Waals surface area contributed by atoms with Gasteiger partial charge in [0.25, 0.3) is 0 Å². The fourth-order valence-electron chi connectivity index (χ4n) is 2.60. The van der Waals surface area contributed by atoms with Crippen molar-refractivity contribution in [1.29, 1.82) is 0 Å². The predicted molar refractivity (Wildman–Crippen MR) is 80.4 cm³/mol. The van der Waals surface area contributed by atoms with Crippen molar-refractivity contribution in [1.82, 2.24) is 19.5 Å². The second-order valence-electron chi connectivity index (χ2n) is 4.85. The Balaban J connectivity index is 1.82. The molecule has 0 unspecified atom stereocenters. The highest BCUT2D eigenvalue weighted by molar-refractivity contribution is 7.18. The number of hydrogen-bond donors (Lipinski definition) is 0. The molecule has 102 valence electrons. The summed E-state index contributed by atoms with van der Waals surface area (Å²) in [6.07, 6.45) is 3.86. The monoisotopic (exact) mass is 305 g/mol. The minimum Gasteiger partial charge on any atom is -0.347 e. The molecule has 3 aromatic heterocycles. The summed E-state index contributed by atoms with van der Waals surface area (Å²) in [5.74, 6) is 1.98. The Labute approximate surface area is 124 Å². The normalized spacial score (nSPS) is 14.8. The first-order valence-corrected chi connectivity index (χ1v) is 7.59. The molecule has 0 saturated carbocycles. The Morgan fingerprint density at radius 2 is 2.20 bits per heavy atom. The Kier molecular flexibility index (Phi) is 2.68. The Morgan fingerprint density at radius 1 is 1.30 bits per heavy atom. The number of rotatable bonds is 1. The molecule has 5 nitrogen and oxygen atoms in total. The summed E-state index contributed by atoms with van der Waals surface area (Å²) < 4.78 is 2.18. The Morgan fingerprint density at radius 3 is 3.10 bits per heavy atom. The molecular formula is C13H12ClN5S. The zero-order valence-electron chi connectivity index (χ0n) is 10.9. The van der Waals surface area contributed by atoms with E-state index in [1.807, 2.05) is 12.4 Å². The summed E-state index contributed by atoms with van der Waals surface area (Å²) in [5.41, 5.74) is 0. The second kappa shape index (κ2) is 4.43. The third-order valence-electron chi connectivity index (χ3n) is 3.51. The van der Waals surface area contributed by atoms with Crippen molar-refractivity contribution in [3.05, 3.63) is 34.4 Å². The Bertz CT molecular complexity index is 793. The van der Waals surface area contributed by atoms with Gasteiger partial charge in [0.2, 0.25) is 5.28 Å². The van der Waals surface area contributed by atoms with Crippen LogP contribution in [-0.4, -0.2) is 26.1 Å². The van der Waals surface area contributed by atoms with Gasteiger partial charge in [0, 0.05) is 30.4 Å². The van der Waals surface area contributed by atoms with Gasteiger partial charge in [-0.3, -0.25) is 0 Å². The largest absolute Gasteiger partial charge is 0.347 e. The van der Waals surface area contributed by atoms with Gasteiger partial charge in [-0.2, -0.15) is 4.98 Å². The van der Waals surface area contributed by atoms with E-state index in [-0.39, 0.29) is 0 Å². The standard InChI is InChI=1S/C13H12ClN5S/c1-8-6-9-11(16-13(14)17-12(9)20-8)19-5-4-18-3-2-15-10(18)7-19/h2-3,6H,4-5,7H2,1H3. The average molecular weight is 306 g/mol. The lowest BCUT2D eigenvalue weighted by atomic mass is 10.3. The third-order valence-corrected chi connectivity index (χ3v) is 4.63. The third kappa shape index (κ3) is 1.87. The van der Waals surface area contributed by atoms with Crippen LogP contribution in [-0.2, 0) is 13.1 Å². The second-order valence-corrected chi connectivity index (χ2v) is 6.42. The number of aromatic nitrogens is 4. The lowest BCUT2D eigenvalue weighted by Gasteiger charge is -2.29. The molecule has 0 aliphatic carbocycles. The predicted octanol–water partition coefficient (Wildman–Crippen LogP) is 2.87. The number of fused-ring (bicyclic) bond motifs is 2. The maximum Gasteiger partial charge on any atom is 0.225 e. The molecule has 0 bridgehead atoms. The summed E-state index contributed by atoms with van der Waals surface area (Å²) in [4.78, 5) is 17.5. The van der Waals surface area contributed by atoms with Crippen molar-refractivity contribution >= 4 is 39.0 Å². The van der Waals surface area contributed by atoms with E-state index in [4.69, 9.17) is 11.6 Å². The molecule has 1 aliphatic heterocycles. The zero-order chi connectivity index (χ0) is 13.7. The molecule has 20 heavy (non-hydrogen) atoms. The van der Waals surface area contributed by atoms with Crippen LogP contribution in [0.2, 0.25) is 5.28 Å². The van der Waals surface area contributed by atoms with E-state index in [1.54, 1.807) is 11.3 Å². The minimum absolute atomic E-state index is 0.309. The maximum absolute atomic E-state index is 6.07. The molecule has 0 spiro atoms. The first-order valence-electron chi connectivity index (χ1n) is 6.39. The lowest BCUT2D eigenvalue weighted by Crippen LogP contribution is -2.34. The van der Waals surface area contributed by atoms with Crippen molar-refractivity contribution in [3.63, 3.8) is 0 Å². The van der Waals surface area contributed by atoms with E-state index in [0.29, 0.717) is 5.28 Å². The van der Waals surface area contributed by atoms with Crippen LogP contribution in [0.4, 0.5) is 5.82 Å². The molecule has 0 N–H and O–H groups in total. The topological polar surface area (TPSA) is 46.8 Å². The summed E-state index contributed by atoms with van der Waals surface area (Å²) >= 11 is 7.72. The molecule has 1 aliphatic rings. The van der Waals surface area contributed by atoms with Crippen LogP contribution in [0.3, 0.4) is 0 Å². The van der Waals surface area contributed by atoms with Gasteiger partial charge < -0.3 is 9.47 Å². The fraction of sp³-hybridized carbons (Fsp3) is 0.308. The highest BCUT2D eigenvalue weighted by Gasteiger charge is 2.21. The van der Waals surface area contributed by atoms with Crippen LogP contribution in [0.1, 0.15) is 10.7 Å². The van der Waals surface area contributed by atoms with E-state index in [2.05, 4.69) is 37.4 Å². The van der Waals surface area contributed by atoms with E-state index >= 15 is 0 Å². The smallest absolute Gasteiger partial charge is 0.225 e. The summed E-state index contributed by atoms with van der Waals surface area (Å²) in [5, 5.41) is 1.39. The number of anilines is 1. The maximum atomic E-state index is 6.07. The first kappa shape index (κ1) is 12.1. The zero-order valence-corrected chi connectivity index (χ0v) is 12.4. The Hall–Kier alpha value is -1.66. The van der Waals surface area contributed by atoms with Gasteiger partial charge in [0.05, 0.1) is 11.9 Å². The van der Waals surface area contributed by atoms with E-state index in [9.17, 15) is 0 Å². The molecule has 0 amide bonds. The highest BCUT2D eigenvalue weighted by atomic mass is 35.5. The fourth-order valence-corrected chi connectivity index (χ4v) is 3.69. The highest BCUT2D eigenvalue weighted by Crippen LogP contribution is 2.32. The minimum atomic E-state index is 0.309. The molecule has 0 fully saturated rings. The SMILES string of the molecule is Cc1cc2c(N3CCn4ccnc4C3)nc(Cl)nc2s1. The van der Waals surface area contributed by atoms with Crippen LogP contribution in [0.15, 0.2) is 18.5 Å². The molecule has 0 aromatic carbocycles. The van der Waals surface area contributed by atoms with Crippen LogP contribution in [0.25, 0.3) is 10.2 Å². The van der Waals surface area contributed by atoms with Gasteiger partial charge in [-0.15, -0.1) is 11.3 Å². The van der Waals surface area contributed by atoms with Crippen LogP contribution < -0.4 is 4.90 Å². The van der Waals surface area contributed by atoms with Crippen LogP contribution in [0, 0.1) is 6.92 Å². The number of halogens is 1. The number of aryl methyl sites for hydroxylation is 1. The van der Waals surface area contributed by atoms with Gasteiger partial charge in [0.1, 0.15) is 16.5 Å². The number of imidazole rings is 1. The van der Waals surface area contributed by atoms with E-state index in [1.165, 1.54) is 4.88 Å². The van der Waals surface area contributed by atoms with Gasteiger partial charge in [0.15, 0.2) is 0 Å². The van der Waals surface area contributed by atoms with Gasteiger partial charge in [-0.1, -0.05) is 0 Å². The van der Waals surface area contributed by atoms with Crippen molar-refractivity contribution in [2.45, 2.75) is 20.0 Å². The molecule has 4 rings (SSSR count). The number of nitrogens with zero attached hydrogens (tertiary/aromatic N) is 5. The van der Waals surface area contributed by atoms with Crippen molar-refractivity contribution in [3.8, 4) is 0 Å². The van der Waals surface area contributed by atoms with Crippen molar-refractivity contribution in [2.24, 2.45) is 0 Å². The van der Waals surface area contributed by atoms with Crippen molar-refractivity contribution in [2.75, 3.05) is 11.4 Å². The molecule has 0 radical (unpaired) electrons. The van der Waals surface area contributed by atoms with Crippen LogP contribution >= 0.6 is 22.9 Å². The molecule has 0 atom stereocenters. The summed E-state index contributed by atoms with van der Waals surface area (Å²) in [6, 6.07) is 2.13. The van der Waals surface area contributed by atoms with E-state index in [0.717, 1.165) is 41.5 Å². The molecular weight excluding hydrogens is 294 g/mol. The molecule has 7 heteroatoms. The van der Waals surface area contributed by atoms with Gasteiger partial charge >= 0.3 is 0 Å². The molecule has 4 heterocycles. The summed E-state index contributed by atoms with van der Waals surface area (Å²) in [7, 11) is 0. The quantitative estimate of drug-likeness (QED) is 0.649. The van der Waals surface area contributed by atoms with E-state index < -0.39 is 0 Å².